The van der Waals surface area contributed by atoms with Crippen LogP contribution in [0.5, 0.6) is 0 Å². The van der Waals surface area contributed by atoms with Crippen molar-refractivity contribution >= 4 is 34.9 Å². The standard InChI is InChI=1S/C34H36ClNO5S/c35-29-10-6-9-28(21-29)32(41-24-31-19-18-30(42-31)17-14-25-7-2-1-3-8-25)23-36(20-5-4-11-33(37)38)22-26-12-15-27(16-13-26)34(39)40/h1-3,6-10,12-13,15-16,18-19,21,32H,4-5,11,14,17,20,22-24H2,(H,37,38)(H,39,40). The molecular formula is C34H36ClNO5S. The lowest BCUT2D eigenvalue weighted by atomic mass is 10.1. The van der Waals surface area contributed by atoms with Crippen LogP contribution in [0, 0.1) is 0 Å². The minimum Gasteiger partial charge on any atom is -0.481 e. The summed E-state index contributed by atoms with van der Waals surface area (Å²) in [5, 5.41) is 19.0. The molecule has 2 N–H and O–H groups in total. The second-order valence-corrected chi connectivity index (χ2v) is 12.0. The highest BCUT2D eigenvalue weighted by Crippen LogP contribution is 2.27. The molecule has 0 saturated heterocycles. The Morgan fingerprint density at radius 3 is 2.31 bits per heavy atom. The van der Waals surface area contributed by atoms with Gasteiger partial charge in [0, 0.05) is 34.3 Å². The quantitative estimate of drug-likeness (QED) is 0.119. The highest BCUT2D eigenvalue weighted by molar-refractivity contribution is 7.11. The Balaban J connectivity index is 1.45. The Labute approximate surface area is 256 Å². The lowest BCUT2D eigenvalue weighted by molar-refractivity contribution is -0.137. The number of ether oxygens (including phenoxy) is 1. The first-order chi connectivity index (χ1) is 20.4. The van der Waals surface area contributed by atoms with Crippen molar-refractivity contribution in [3.63, 3.8) is 0 Å². The molecule has 0 aliphatic heterocycles. The number of unbranched alkanes of at least 4 members (excludes halogenated alkanes) is 1. The summed E-state index contributed by atoms with van der Waals surface area (Å²) in [4.78, 5) is 27.1. The van der Waals surface area contributed by atoms with Gasteiger partial charge < -0.3 is 14.9 Å². The summed E-state index contributed by atoms with van der Waals surface area (Å²) >= 11 is 8.13. The molecule has 220 valence electrons. The smallest absolute Gasteiger partial charge is 0.335 e. The molecule has 3 aromatic carbocycles. The van der Waals surface area contributed by atoms with E-state index >= 15 is 0 Å². The molecule has 0 bridgehead atoms. The van der Waals surface area contributed by atoms with E-state index in [4.69, 9.17) is 21.4 Å². The van der Waals surface area contributed by atoms with Gasteiger partial charge in [0.1, 0.15) is 0 Å². The largest absolute Gasteiger partial charge is 0.481 e. The van der Waals surface area contributed by atoms with Crippen molar-refractivity contribution in [1.29, 1.82) is 0 Å². The minimum absolute atomic E-state index is 0.125. The number of thiophene rings is 1. The van der Waals surface area contributed by atoms with E-state index in [9.17, 15) is 14.7 Å². The van der Waals surface area contributed by atoms with Crippen LogP contribution in [0.1, 0.15) is 62.2 Å². The maximum Gasteiger partial charge on any atom is 0.335 e. The zero-order chi connectivity index (χ0) is 29.7. The Morgan fingerprint density at radius 1 is 0.833 bits per heavy atom. The van der Waals surface area contributed by atoms with E-state index in [0.717, 1.165) is 35.3 Å². The molecule has 1 atom stereocenters. The average molecular weight is 606 g/mol. The highest BCUT2D eigenvalue weighted by Gasteiger charge is 2.19. The van der Waals surface area contributed by atoms with Crippen LogP contribution in [-0.2, 0) is 35.5 Å². The molecule has 0 amide bonds. The summed E-state index contributed by atoms with van der Waals surface area (Å²) in [5.41, 5.74) is 3.52. The van der Waals surface area contributed by atoms with E-state index in [-0.39, 0.29) is 18.1 Å². The zero-order valence-electron chi connectivity index (χ0n) is 23.5. The second kappa shape index (κ2) is 16.2. The van der Waals surface area contributed by atoms with E-state index in [0.29, 0.717) is 37.7 Å². The van der Waals surface area contributed by atoms with Crippen LogP contribution in [0.25, 0.3) is 0 Å². The zero-order valence-corrected chi connectivity index (χ0v) is 25.0. The molecule has 42 heavy (non-hydrogen) atoms. The van der Waals surface area contributed by atoms with Crippen LogP contribution in [0.3, 0.4) is 0 Å². The molecular weight excluding hydrogens is 570 g/mol. The number of nitrogens with zero attached hydrogens (tertiary/aromatic N) is 1. The summed E-state index contributed by atoms with van der Waals surface area (Å²) in [6, 6.07) is 29.4. The molecule has 0 aliphatic carbocycles. The molecule has 4 rings (SSSR count). The maximum absolute atomic E-state index is 11.3. The van der Waals surface area contributed by atoms with E-state index < -0.39 is 11.9 Å². The first-order valence-corrected chi connectivity index (χ1v) is 15.3. The third-order valence-electron chi connectivity index (χ3n) is 7.01. The lowest BCUT2D eigenvalue weighted by Gasteiger charge is -2.28. The number of carboxylic acids is 2. The third kappa shape index (κ3) is 10.4. The summed E-state index contributed by atoms with van der Waals surface area (Å²) in [7, 11) is 0. The van der Waals surface area contributed by atoms with Gasteiger partial charge in [-0.15, -0.1) is 11.3 Å². The Kier molecular flexibility index (Phi) is 12.1. The number of hydrogen-bond acceptors (Lipinski definition) is 5. The van der Waals surface area contributed by atoms with Gasteiger partial charge >= 0.3 is 11.9 Å². The lowest BCUT2D eigenvalue weighted by Crippen LogP contribution is -2.30. The van der Waals surface area contributed by atoms with E-state index in [1.54, 1.807) is 23.5 Å². The van der Waals surface area contributed by atoms with Gasteiger partial charge in [-0.1, -0.05) is 66.2 Å². The molecule has 4 aromatic rings. The van der Waals surface area contributed by atoms with Gasteiger partial charge in [-0.3, -0.25) is 9.69 Å². The van der Waals surface area contributed by atoms with E-state index in [1.807, 2.05) is 42.5 Å². The summed E-state index contributed by atoms with van der Waals surface area (Å²) in [6.45, 7) is 2.29. The van der Waals surface area contributed by atoms with Crippen molar-refractivity contribution in [2.75, 3.05) is 13.1 Å². The van der Waals surface area contributed by atoms with Crippen LogP contribution in [0.4, 0.5) is 0 Å². The monoisotopic (exact) mass is 605 g/mol. The molecule has 0 saturated carbocycles. The average Bonchev–Trinajstić information content (AvgIpc) is 3.44. The first kappa shape index (κ1) is 31.4. The molecule has 1 heterocycles. The van der Waals surface area contributed by atoms with E-state index in [2.05, 4.69) is 41.3 Å². The van der Waals surface area contributed by atoms with Gasteiger partial charge in [-0.05, 0) is 85.3 Å². The molecule has 1 unspecified atom stereocenters. The molecule has 8 heteroatoms. The Morgan fingerprint density at radius 2 is 1.60 bits per heavy atom. The maximum atomic E-state index is 11.3. The number of halogens is 1. The van der Waals surface area contributed by atoms with Crippen molar-refractivity contribution in [3.05, 3.63) is 128 Å². The summed E-state index contributed by atoms with van der Waals surface area (Å²) in [5.74, 6) is -1.76. The second-order valence-electron chi connectivity index (χ2n) is 10.3. The molecule has 1 aromatic heterocycles. The van der Waals surface area contributed by atoms with Crippen molar-refractivity contribution in [3.8, 4) is 0 Å². The SMILES string of the molecule is O=C(O)CCCCN(Cc1ccc(C(=O)O)cc1)CC(OCc1ccc(CCc2ccccc2)s1)c1cccc(Cl)c1. The number of aliphatic carboxylic acids is 1. The molecule has 6 nitrogen and oxygen atoms in total. The summed E-state index contributed by atoms with van der Waals surface area (Å²) < 4.78 is 6.55. The number of carbonyl (C=O) groups is 2. The van der Waals surface area contributed by atoms with Gasteiger partial charge in [-0.25, -0.2) is 4.79 Å². The van der Waals surface area contributed by atoms with Crippen LogP contribution < -0.4 is 0 Å². The third-order valence-corrected chi connectivity index (χ3v) is 8.37. The topological polar surface area (TPSA) is 87.1 Å². The van der Waals surface area contributed by atoms with Crippen LogP contribution in [0.15, 0.2) is 91.0 Å². The first-order valence-electron chi connectivity index (χ1n) is 14.1. The molecule has 0 radical (unpaired) electrons. The Hall–Kier alpha value is -3.49. The van der Waals surface area contributed by atoms with Crippen LogP contribution in [0.2, 0.25) is 5.02 Å². The van der Waals surface area contributed by atoms with Gasteiger partial charge in [0.05, 0.1) is 18.3 Å². The minimum atomic E-state index is -0.960. The number of carboxylic acid groups (broad SMARTS) is 2. The summed E-state index contributed by atoms with van der Waals surface area (Å²) in [6.07, 6.45) is 3.14. The van der Waals surface area contributed by atoms with Gasteiger partial charge in [0.25, 0.3) is 0 Å². The van der Waals surface area contributed by atoms with Crippen molar-refractivity contribution in [2.24, 2.45) is 0 Å². The number of aromatic carboxylic acids is 1. The van der Waals surface area contributed by atoms with Crippen molar-refractivity contribution in [2.45, 2.75) is 51.4 Å². The Bertz CT molecular complexity index is 1420. The van der Waals surface area contributed by atoms with Crippen LogP contribution in [-0.4, -0.2) is 40.1 Å². The van der Waals surface area contributed by atoms with Gasteiger partial charge in [-0.2, -0.15) is 0 Å². The van der Waals surface area contributed by atoms with Crippen LogP contribution >= 0.6 is 22.9 Å². The van der Waals surface area contributed by atoms with Crippen molar-refractivity contribution < 1.29 is 24.5 Å². The fourth-order valence-corrected chi connectivity index (χ4v) is 5.92. The number of benzene rings is 3. The fraction of sp³-hybridized carbons (Fsp3) is 0.294. The number of rotatable bonds is 17. The molecule has 0 fully saturated rings. The number of aryl methyl sites for hydroxylation is 2. The van der Waals surface area contributed by atoms with E-state index in [1.165, 1.54) is 10.4 Å². The normalized spacial score (nSPS) is 12.0. The fourth-order valence-electron chi connectivity index (χ4n) is 4.78. The molecule has 0 aliphatic rings. The predicted octanol–water partition coefficient (Wildman–Crippen LogP) is 7.90. The molecule has 0 spiro atoms. The van der Waals surface area contributed by atoms with Gasteiger partial charge in [0.2, 0.25) is 0 Å². The van der Waals surface area contributed by atoms with Crippen molar-refractivity contribution in [1.82, 2.24) is 4.90 Å². The highest BCUT2D eigenvalue weighted by atomic mass is 35.5. The van der Waals surface area contributed by atoms with Gasteiger partial charge in [0.15, 0.2) is 0 Å². The number of hydrogen-bond donors (Lipinski definition) is 2. The predicted molar refractivity (Wildman–Crippen MR) is 167 cm³/mol.